The Morgan fingerprint density at radius 3 is 0.711 bits per heavy atom. The first kappa shape index (κ1) is 74.2. The van der Waals surface area contributed by atoms with E-state index in [1.54, 1.807) is 0 Å². The van der Waals surface area contributed by atoms with Gasteiger partial charge in [0, 0.05) is 19.3 Å². The molecule has 0 saturated heterocycles. The van der Waals surface area contributed by atoms with Gasteiger partial charge in [0.25, 0.3) is 0 Å². The van der Waals surface area contributed by atoms with Gasteiger partial charge in [-0.3, -0.25) is 14.4 Å². The summed E-state index contributed by atoms with van der Waals surface area (Å²) in [5.41, 5.74) is 0. The van der Waals surface area contributed by atoms with Crippen LogP contribution in [-0.4, -0.2) is 37.2 Å². The highest BCUT2D eigenvalue weighted by atomic mass is 16.6. The predicted molar refractivity (Wildman–Crippen MR) is 330 cm³/mol. The molecule has 0 aromatic heterocycles. The molecule has 0 saturated carbocycles. The third kappa shape index (κ3) is 63.0. The van der Waals surface area contributed by atoms with Crippen molar-refractivity contribution in [3.63, 3.8) is 0 Å². The van der Waals surface area contributed by atoms with Crippen LogP contribution in [-0.2, 0) is 28.6 Å². The number of ether oxygens (including phenoxy) is 3. The molecule has 0 N–H and O–H groups in total. The average Bonchev–Trinajstić information content (AvgIpc) is 3.42. The van der Waals surface area contributed by atoms with Crippen LogP contribution in [0.5, 0.6) is 0 Å². The van der Waals surface area contributed by atoms with Crippen LogP contribution in [0.4, 0.5) is 0 Å². The molecule has 6 heteroatoms. The highest BCUT2D eigenvalue weighted by Crippen LogP contribution is 2.19. The fourth-order valence-corrected chi connectivity index (χ4v) is 10.8. The van der Waals surface area contributed by atoms with E-state index in [0.717, 1.165) is 70.6 Å². The Morgan fingerprint density at radius 1 is 0.250 bits per heavy atom. The molecule has 0 radical (unpaired) electrons. The second-order valence-corrected chi connectivity index (χ2v) is 23.8. The van der Waals surface area contributed by atoms with Crippen molar-refractivity contribution in [2.75, 3.05) is 13.2 Å². The summed E-state index contributed by atoms with van der Waals surface area (Å²) in [4.78, 5) is 38.3. The number of allylic oxidation sites excluding steroid dienone is 2. The first-order valence-electron chi connectivity index (χ1n) is 34.7. The van der Waals surface area contributed by atoms with Gasteiger partial charge in [-0.15, -0.1) is 0 Å². The van der Waals surface area contributed by atoms with E-state index in [9.17, 15) is 14.4 Å². The van der Waals surface area contributed by atoms with Crippen LogP contribution in [0.25, 0.3) is 0 Å². The van der Waals surface area contributed by atoms with Gasteiger partial charge in [0.05, 0.1) is 0 Å². The Balaban J connectivity index is 4.12. The molecule has 1 atom stereocenters. The quantitative estimate of drug-likeness (QED) is 0.0261. The number of unbranched alkanes of at least 4 members (excludes halogenated alkanes) is 52. The van der Waals surface area contributed by atoms with Crippen molar-refractivity contribution in [3.8, 4) is 0 Å². The van der Waals surface area contributed by atoms with E-state index in [1.807, 2.05) is 0 Å². The van der Waals surface area contributed by atoms with Crippen LogP contribution < -0.4 is 0 Å². The molecule has 0 fully saturated rings. The summed E-state index contributed by atoms with van der Waals surface area (Å²) in [6.45, 7) is 6.66. The second-order valence-electron chi connectivity index (χ2n) is 23.8. The number of carbonyl (C=O) groups excluding carboxylic acids is 3. The molecule has 0 amide bonds. The van der Waals surface area contributed by atoms with Gasteiger partial charge in [0.2, 0.25) is 0 Å². The van der Waals surface area contributed by atoms with Crippen LogP contribution >= 0.6 is 0 Å². The molecule has 6 nitrogen and oxygen atoms in total. The monoisotopic (exact) mass is 1070 g/mol. The van der Waals surface area contributed by atoms with Crippen molar-refractivity contribution in [1.29, 1.82) is 0 Å². The maximum absolute atomic E-state index is 12.9. The number of hydrogen-bond acceptors (Lipinski definition) is 6. The largest absolute Gasteiger partial charge is 0.462 e. The van der Waals surface area contributed by atoms with Gasteiger partial charge < -0.3 is 14.2 Å². The molecule has 0 aliphatic rings. The van der Waals surface area contributed by atoms with Gasteiger partial charge in [0.1, 0.15) is 13.2 Å². The van der Waals surface area contributed by atoms with Crippen molar-refractivity contribution in [3.05, 3.63) is 12.2 Å². The molecular weight excluding hydrogens is 937 g/mol. The maximum Gasteiger partial charge on any atom is 0.306 e. The summed E-state index contributed by atoms with van der Waals surface area (Å²) in [5.74, 6) is -0.845. The lowest BCUT2D eigenvalue weighted by Gasteiger charge is -2.18. The number of hydrogen-bond donors (Lipinski definition) is 0. The number of rotatable bonds is 65. The fourth-order valence-electron chi connectivity index (χ4n) is 10.8. The minimum atomic E-state index is -0.769. The molecule has 0 bridgehead atoms. The van der Waals surface area contributed by atoms with Crippen LogP contribution in [0, 0.1) is 0 Å². The average molecular weight is 1070 g/mol. The van der Waals surface area contributed by atoms with Crippen molar-refractivity contribution >= 4 is 17.9 Å². The van der Waals surface area contributed by atoms with E-state index in [4.69, 9.17) is 14.2 Å². The van der Waals surface area contributed by atoms with Gasteiger partial charge in [-0.05, 0) is 38.5 Å². The topological polar surface area (TPSA) is 78.9 Å². The van der Waals surface area contributed by atoms with Crippen molar-refractivity contribution in [1.82, 2.24) is 0 Å². The van der Waals surface area contributed by atoms with Crippen LogP contribution in [0.3, 0.4) is 0 Å². The van der Waals surface area contributed by atoms with Gasteiger partial charge in [0.15, 0.2) is 6.10 Å². The molecule has 0 spiro atoms. The Morgan fingerprint density at radius 2 is 0.461 bits per heavy atom. The van der Waals surface area contributed by atoms with Crippen LogP contribution in [0.2, 0.25) is 0 Å². The molecule has 0 aliphatic carbocycles. The molecule has 0 rings (SSSR count). The molecule has 76 heavy (non-hydrogen) atoms. The Labute approximate surface area is 475 Å². The lowest BCUT2D eigenvalue weighted by atomic mass is 10.0. The molecular formula is C70H134O6. The van der Waals surface area contributed by atoms with Crippen molar-refractivity contribution in [2.24, 2.45) is 0 Å². The van der Waals surface area contributed by atoms with E-state index >= 15 is 0 Å². The molecule has 0 aromatic carbocycles. The van der Waals surface area contributed by atoms with Gasteiger partial charge >= 0.3 is 17.9 Å². The lowest BCUT2D eigenvalue weighted by molar-refractivity contribution is -0.167. The third-order valence-corrected chi connectivity index (χ3v) is 16.0. The zero-order chi connectivity index (χ0) is 55.0. The summed E-state index contributed by atoms with van der Waals surface area (Å²) in [5, 5.41) is 0. The first-order chi connectivity index (χ1) is 37.5. The standard InChI is InChI=1S/C70H134O6/c1-4-7-10-13-16-19-22-24-26-28-30-32-34-35-37-38-40-42-44-46-48-51-54-57-60-63-69(72)75-66-67(65-74-68(71)62-59-56-53-50-21-18-15-12-9-6-3)76-70(73)64-61-58-55-52-49-47-45-43-41-39-36-33-31-29-27-25-23-20-17-14-11-8-5-2/h12,15,67H,4-11,13-14,16-66H2,1-3H3/b15-12-. The Hall–Kier alpha value is -1.85. The third-order valence-electron chi connectivity index (χ3n) is 16.0. The zero-order valence-electron chi connectivity index (χ0n) is 51.8. The highest BCUT2D eigenvalue weighted by Gasteiger charge is 2.19. The van der Waals surface area contributed by atoms with E-state index < -0.39 is 6.10 Å². The second kappa shape index (κ2) is 65.7. The molecule has 0 heterocycles. The van der Waals surface area contributed by atoms with Crippen LogP contribution in [0.15, 0.2) is 12.2 Å². The van der Waals surface area contributed by atoms with Gasteiger partial charge in [-0.1, -0.05) is 354 Å². The van der Waals surface area contributed by atoms with E-state index in [-0.39, 0.29) is 31.1 Å². The first-order valence-corrected chi connectivity index (χ1v) is 34.7. The number of esters is 3. The fraction of sp³-hybridized carbons (Fsp3) is 0.929. The predicted octanol–water partition coefficient (Wildman–Crippen LogP) is 23.6. The van der Waals surface area contributed by atoms with Gasteiger partial charge in [-0.25, -0.2) is 0 Å². The zero-order valence-corrected chi connectivity index (χ0v) is 51.8. The summed E-state index contributed by atoms with van der Waals surface area (Å²) in [6, 6.07) is 0. The maximum atomic E-state index is 12.9. The van der Waals surface area contributed by atoms with Gasteiger partial charge in [-0.2, -0.15) is 0 Å². The summed E-state index contributed by atoms with van der Waals surface area (Å²) < 4.78 is 16.9. The highest BCUT2D eigenvalue weighted by molar-refractivity contribution is 5.71. The Kier molecular flexibility index (Phi) is 64.1. The minimum absolute atomic E-state index is 0.0661. The normalized spacial score (nSPS) is 12.0. The lowest BCUT2D eigenvalue weighted by Crippen LogP contribution is -2.30. The van der Waals surface area contributed by atoms with E-state index in [0.29, 0.717) is 19.3 Å². The molecule has 450 valence electrons. The SMILES string of the molecule is CCC/C=C\CCCCCCCC(=O)OCC(COC(=O)CCCCCCCCCCCCCCCCCCCCCCCCCCC)OC(=O)CCCCCCCCCCCCCCCCCCCCCCCCC. The summed E-state index contributed by atoms with van der Waals surface area (Å²) in [7, 11) is 0. The summed E-state index contributed by atoms with van der Waals surface area (Å²) >= 11 is 0. The van der Waals surface area contributed by atoms with E-state index in [2.05, 4.69) is 32.9 Å². The smallest absolute Gasteiger partial charge is 0.306 e. The Bertz CT molecular complexity index is 1180. The van der Waals surface area contributed by atoms with Crippen molar-refractivity contribution < 1.29 is 28.6 Å². The molecule has 0 aliphatic heterocycles. The van der Waals surface area contributed by atoms with Crippen molar-refractivity contribution in [2.45, 2.75) is 406 Å². The van der Waals surface area contributed by atoms with Crippen LogP contribution in [0.1, 0.15) is 400 Å². The van der Waals surface area contributed by atoms with E-state index in [1.165, 1.54) is 289 Å². The molecule has 0 aromatic rings. The number of carbonyl (C=O) groups is 3. The molecule has 1 unspecified atom stereocenters. The summed E-state index contributed by atoms with van der Waals surface area (Å²) in [6.07, 6.45) is 78.3. The minimum Gasteiger partial charge on any atom is -0.462 e.